The van der Waals surface area contributed by atoms with Gasteiger partial charge < -0.3 is 14.8 Å². The van der Waals surface area contributed by atoms with E-state index in [-0.39, 0.29) is 0 Å². The van der Waals surface area contributed by atoms with Crippen LogP contribution in [0.1, 0.15) is 12.0 Å². The molecule has 0 saturated carbocycles. The molecule has 1 heterocycles. The fourth-order valence-electron chi connectivity index (χ4n) is 1.67. The predicted octanol–water partition coefficient (Wildman–Crippen LogP) is 1.87. The van der Waals surface area contributed by atoms with Gasteiger partial charge in [0.1, 0.15) is 0 Å². The van der Waals surface area contributed by atoms with Gasteiger partial charge in [-0.25, -0.2) is 0 Å². The number of thiol groups is 1. The summed E-state index contributed by atoms with van der Waals surface area (Å²) in [6.07, 6.45) is 1.93. The van der Waals surface area contributed by atoms with Crippen LogP contribution in [0.4, 0.5) is 0 Å². The van der Waals surface area contributed by atoms with Crippen LogP contribution in [-0.2, 0) is 6.42 Å². The number of fused-ring (bicyclic) bond motifs is 1. The monoisotopic (exact) mass is 239 g/mol. The highest BCUT2D eigenvalue weighted by molar-refractivity contribution is 7.80. The van der Waals surface area contributed by atoms with Crippen LogP contribution in [-0.4, -0.2) is 25.6 Å². The fourth-order valence-corrected chi connectivity index (χ4v) is 1.83. The Balaban J connectivity index is 2.02. The minimum atomic E-state index is 0.713. The Hall–Kier alpha value is -0.870. The molecule has 1 aliphatic heterocycles. The van der Waals surface area contributed by atoms with Gasteiger partial charge in [0.05, 0.1) is 13.2 Å². The highest BCUT2D eigenvalue weighted by Gasteiger charge is 2.10. The highest BCUT2D eigenvalue weighted by Crippen LogP contribution is 2.30. The Morgan fingerprint density at radius 2 is 2.00 bits per heavy atom. The largest absolute Gasteiger partial charge is 0.490 e. The van der Waals surface area contributed by atoms with Crippen LogP contribution in [0.2, 0.25) is 0 Å². The van der Waals surface area contributed by atoms with Gasteiger partial charge >= 0.3 is 0 Å². The molecule has 0 aliphatic carbocycles. The topological polar surface area (TPSA) is 30.5 Å². The zero-order chi connectivity index (χ0) is 11.2. The molecule has 1 N–H and O–H groups in total. The molecule has 0 aromatic heterocycles. The number of nitrogens with one attached hydrogen (secondary N) is 1. The quantitative estimate of drug-likeness (QED) is 0.478. The van der Waals surface area contributed by atoms with Crippen molar-refractivity contribution in [2.24, 2.45) is 0 Å². The molecule has 0 atom stereocenters. The molecule has 0 saturated heterocycles. The second-order valence-electron chi connectivity index (χ2n) is 3.74. The summed E-state index contributed by atoms with van der Waals surface area (Å²) in [7, 11) is 0. The van der Waals surface area contributed by atoms with E-state index in [1.807, 2.05) is 6.07 Å². The highest BCUT2D eigenvalue weighted by atomic mass is 32.1. The normalized spacial score (nSPS) is 14.6. The van der Waals surface area contributed by atoms with Gasteiger partial charge in [-0.1, -0.05) is 6.07 Å². The second kappa shape index (κ2) is 6.01. The van der Waals surface area contributed by atoms with E-state index in [9.17, 15) is 0 Å². The van der Waals surface area contributed by atoms with Crippen LogP contribution in [0.3, 0.4) is 0 Å². The van der Waals surface area contributed by atoms with E-state index in [2.05, 4.69) is 30.1 Å². The van der Waals surface area contributed by atoms with E-state index in [1.165, 1.54) is 5.56 Å². The molecule has 88 valence electrons. The van der Waals surface area contributed by atoms with Crippen LogP contribution < -0.4 is 14.8 Å². The minimum Gasteiger partial charge on any atom is -0.490 e. The molecule has 2 rings (SSSR count). The standard InChI is InChI=1S/C12H17NO2S/c16-9-13-5-4-10-2-3-11-12(8-10)15-7-1-6-14-11/h2-3,8,13,16H,1,4-7,9H2. The smallest absolute Gasteiger partial charge is 0.161 e. The van der Waals surface area contributed by atoms with Crippen LogP contribution in [0.25, 0.3) is 0 Å². The number of ether oxygens (including phenoxy) is 2. The van der Waals surface area contributed by atoms with Crippen molar-refractivity contribution in [1.29, 1.82) is 0 Å². The van der Waals surface area contributed by atoms with E-state index in [0.29, 0.717) is 5.88 Å². The molecule has 4 heteroatoms. The molecule has 1 aromatic rings. The molecule has 0 unspecified atom stereocenters. The van der Waals surface area contributed by atoms with Crippen LogP contribution >= 0.6 is 12.6 Å². The molecule has 0 bridgehead atoms. The summed E-state index contributed by atoms with van der Waals surface area (Å²) in [6, 6.07) is 6.16. The molecule has 0 radical (unpaired) electrons. The lowest BCUT2D eigenvalue weighted by Crippen LogP contribution is -2.14. The maximum absolute atomic E-state index is 5.63. The van der Waals surface area contributed by atoms with Crippen molar-refractivity contribution in [3.8, 4) is 11.5 Å². The average Bonchev–Trinajstić information content (AvgIpc) is 2.54. The Morgan fingerprint density at radius 1 is 1.19 bits per heavy atom. The number of rotatable bonds is 4. The van der Waals surface area contributed by atoms with Gasteiger partial charge in [-0.3, -0.25) is 0 Å². The van der Waals surface area contributed by atoms with Gasteiger partial charge in [0.15, 0.2) is 11.5 Å². The molecular weight excluding hydrogens is 222 g/mol. The predicted molar refractivity (Wildman–Crippen MR) is 67.6 cm³/mol. The summed E-state index contributed by atoms with van der Waals surface area (Å²) in [5, 5.41) is 3.18. The molecule has 0 fully saturated rings. The first-order chi connectivity index (χ1) is 7.90. The number of hydrogen-bond donors (Lipinski definition) is 2. The fraction of sp³-hybridized carbons (Fsp3) is 0.500. The van der Waals surface area contributed by atoms with E-state index in [0.717, 1.165) is 44.1 Å². The van der Waals surface area contributed by atoms with Gasteiger partial charge in [0.25, 0.3) is 0 Å². The van der Waals surface area contributed by atoms with Crippen molar-refractivity contribution in [1.82, 2.24) is 5.32 Å². The van der Waals surface area contributed by atoms with Crippen LogP contribution in [0.15, 0.2) is 18.2 Å². The molecule has 1 aliphatic rings. The zero-order valence-electron chi connectivity index (χ0n) is 9.24. The Kier molecular flexibility index (Phi) is 4.36. The molecule has 16 heavy (non-hydrogen) atoms. The van der Waals surface area contributed by atoms with E-state index in [4.69, 9.17) is 9.47 Å². The lowest BCUT2D eigenvalue weighted by molar-refractivity contribution is 0.297. The SMILES string of the molecule is SCNCCc1ccc2c(c1)OCCCO2. The molecule has 0 amide bonds. The maximum Gasteiger partial charge on any atom is 0.161 e. The van der Waals surface area contributed by atoms with Crippen molar-refractivity contribution in [3.63, 3.8) is 0 Å². The molecule has 0 spiro atoms. The van der Waals surface area contributed by atoms with E-state index < -0.39 is 0 Å². The third-order valence-electron chi connectivity index (χ3n) is 2.51. The van der Waals surface area contributed by atoms with Gasteiger partial charge in [0.2, 0.25) is 0 Å². The average molecular weight is 239 g/mol. The van der Waals surface area contributed by atoms with E-state index >= 15 is 0 Å². The number of hydrogen-bond acceptors (Lipinski definition) is 4. The Labute approximate surface area is 102 Å². The van der Waals surface area contributed by atoms with Gasteiger partial charge in [-0.05, 0) is 30.7 Å². The van der Waals surface area contributed by atoms with Gasteiger partial charge in [0, 0.05) is 12.3 Å². The van der Waals surface area contributed by atoms with Crippen molar-refractivity contribution < 1.29 is 9.47 Å². The van der Waals surface area contributed by atoms with Gasteiger partial charge in [-0.2, -0.15) is 12.6 Å². The van der Waals surface area contributed by atoms with Crippen molar-refractivity contribution in [2.45, 2.75) is 12.8 Å². The summed E-state index contributed by atoms with van der Waals surface area (Å²) in [4.78, 5) is 0. The third kappa shape index (κ3) is 3.06. The molecular formula is C12H17NO2S. The van der Waals surface area contributed by atoms with E-state index in [1.54, 1.807) is 0 Å². The van der Waals surface area contributed by atoms with Crippen molar-refractivity contribution >= 4 is 12.6 Å². The summed E-state index contributed by atoms with van der Waals surface area (Å²) in [6.45, 7) is 2.42. The van der Waals surface area contributed by atoms with Gasteiger partial charge in [-0.15, -0.1) is 0 Å². The van der Waals surface area contributed by atoms with Crippen molar-refractivity contribution in [2.75, 3.05) is 25.6 Å². The molecule has 1 aromatic carbocycles. The third-order valence-corrected chi connectivity index (χ3v) is 2.74. The second-order valence-corrected chi connectivity index (χ2v) is 4.06. The first-order valence-corrected chi connectivity index (χ1v) is 6.23. The summed E-state index contributed by atoms with van der Waals surface area (Å²) >= 11 is 4.10. The first-order valence-electron chi connectivity index (χ1n) is 5.60. The summed E-state index contributed by atoms with van der Waals surface area (Å²) < 4.78 is 11.2. The summed E-state index contributed by atoms with van der Waals surface area (Å²) in [5.41, 5.74) is 1.26. The van der Waals surface area contributed by atoms with Crippen LogP contribution in [0.5, 0.6) is 11.5 Å². The Bertz CT molecular complexity index is 344. The lowest BCUT2D eigenvalue weighted by Gasteiger charge is -2.09. The number of benzene rings is 1. The minimum absolute atomic E-state index is 0.713. The maximum atomic E-state index is 5.63. The van der Waals surface area contributed by atoms with Crippen molar-refractivity contribution in [3.05, 3.63) is 23.8 Å². The Morgan fingerprint density at radius 3 is 2.81 bits per heavy atom. The zero-order valence-corrected chi connectivity index (χ0v) is 10.1. The van der Waals surface area contributed by atoms with Crippen LogP contribution in [0, 0.1) is 0 Å². The summed E-state index contributed by atoms with van der Waals surface area (Å²) in [5.74, 6) is 2.45. The lowest BCUT2D eigenvalue weighted by atomic mass is 10.1. The molecule has 3 nitrogen and oxygen atoms in total. The first kappa shape index (κ1) is 11.6.